The van der Waals surface area contributed by atoms with Gasteiger partial charge in [0.25, 0.3) is 5.91 Å². The third-order valence-electron chi connectivity index (χ3n) is 4.42. The third kappa shape index (κ3) is 3.41. The molecule has 0 aromatic heterocycles. The highest BCUT2D eigenvalue weighted by Gasteiger charge is 2.37. The average Bonchev–Trinajstić information content (AvgIpc) is 3.25. The van der Waals surface area contributed by atoms with Crippen molar-refractivity contribution >= 4 is 40.3 Å². The van der Waals surface area contributed by atoms with Gasteiger partial charge in [-0.15, -0.1) is 0 Å². The van der Waals surface area contributed by atoms with Gasteiger partial charge in [0.2, 0.25) is 0 Å². The van der Waals surface area contributed by atoms with Crippen molar-refractivity contribution in [1.29, 1.82) is 0 Å². The van der Waals surface area contributed by atoms with E-state index in [2.05, 4.69) is 0 Å². The molecule has 2 aliphatic heterocycles. The molecule has 8 heteroatoms. The molecule has 27 heavy (non-hydrogen) atoms. The number of allylic oxidation sites excluding steroid dienone is 1. The molecule has 1 amide bonds. The summed E-state index contributed by atoms with van der Waals surface area (Å²) in [5, 5.41) is 0. The van der Waals surface area contributed by atoms with E-state index in [0.29, 0.717) is 26.4 Å². The number of rotatable bonds is 4. The van der Waals surface area contributed by atoms with Crippen LogP contribution in [0.3, 0.4) is 0 Å². The Hall–Kier alpha value is -2.13. The minimum absolute atomic E-state index is 0.105. The van der Waals surface area contributed by atoms with Crippen LogP contribution in [0.5, 0.6) is 11.5 Å². The molecule has 0 saturated carbocycles. The molecular weight excluding hydrogens is 386 g/mol. The zero-order valence-corrected chi connectivity index (χ0v) is 16.3. The van der Waals surface area contributed by atoms with E-state index in [-0.39, 0.29) is 24.9 Å². The van der Waals surface area contributed by atoms with Crippen LogP contribution < -0.4 is 9.47 Å². The molecule has 3 aliphatic rings. The number of carbonyl (C=O) groups is 1. The molecule has 1 aliphatic carbocycles. The first kappa shape index (κ1) is 18.2. The molecule has 4 rings (SSSR count). The van der Waals surface area contributed by atoms with Gasteiger partial charge in [-0.25, -0.2) is 0 Å². The van der Waals surface area contributed by atoms with Gasteiger partial charge >= 0.3 is 0 Å². The zero-order chi connectivity index (χ0) is 19.0. The van der Waals surface area contributed by atoms with Gasteiger partial charge in [-0.1, -0.05) is 30.1 Å². The van der Waals surface area contributed by atoms with Crippen molar-refractivity contribution in [1.82, 2.24) is 4.90 Å². The zero-order valence-electron chi connectivity index (χ0n) is 14.7. The van der Waals surface area contributed by atoms with Crippen molar-refractivity contribution in [2.24, 2.45) is 0 Å². The second-order valence-electron chi connectivity index (χ2n) is 5.96. The lowest BCUT2D eigenvalue weighted by Crippen LogP contribution is -2.31. The number of methoxy groups -OCH3 is 2. The minimum atomic E-state index is -0.194. The van der Waals surface area contributed by atoms with E-state index >= 15 is 0 Å². The van der Waals surface area contributed by atoms with E-state index in [0.717, 1.165) is 5.56 Å². The molecular formula is C19H17NO5S2. The van der Waals surface area contributed by atoms with Crippen LogP contribution in [0.2, 0.25) is 0 Å². The number of fused-ring (bicyclic) bond motifs is 1. The highest BCUT2D eigenvalue weighted by Crippen LogP contribution is 2.38. The molecule has 6 nitrogen and oxygen atoms in total. The fourth-order valence-corrected chi connectivity index (χ4v) is 4.32. The summed E-state index contributed by atoms with van der Waals surface area (Å²) in [5.41, 5.74) is 1.48. The van der Waals surface area contributed by atoms with Crippen molar-refractivity contribution in [3.63, 3.8) is 0 Å². The molecule has 0 bridgehead atoms. The lowest BCUT2D eigenvalue weighted by molar-refractivity contribution is -0.120. The van der Waals surface area contributed by atoms with Crippen molar-refractivity contribution in [2.45, 2.75) is 12.2 Å². The largest absolute Gasteiger partial charge is 0.497 e. The van der Waals surface area contributed by atoms with Crippen LogP contribution in [0.15, 0.2) is 47.0 Å². The predicted molar refractivity (Wildman–Crippen MR) is 106 cm³/mol. The molecule has 1 aromatic rings. The first-order valence-corrected chi connectivity index (χ1v) is 9.46. The van der Waals surface area contributed by atoms with E-state index in [4.69, 9.17) is 31.2 Å². The highest BCUT2D eigenvalue weighted by molar-refractivity contribution is 8.26. The molecule has 2 atom stereocenters. The first-order valence-electron chi connectivity index (χ1n) is 8.24. The summed E-state index contributed by atoms with van der Waals surface area (Å²) in [5.74, 6) is 1.13. The molecule has 140 valence electrons. The van der Waals surface area contributed by atoms with E-state index in [1.807, 2.05) is 30.4 Å². The Morgan fingerprint density at radius 2 is 2.07 bits per heavy atom. The number of thiocarbonyl (C=S) groups is 1. The van der Waals surface area contributed by atoms with E-state index < -0.39 is 0 Å². The smallest absolute Gasteiger partial charge is 0.270 e. The van der Waals surface area contributed by atoms with Crippen molar-refractivity contribution in [2.75, 3.05) is 21.0 Å². The lowest BCUT2D eigenvalue weighted by atomic mass is 10.1. The third-order valence-corrected chi connectivity index (χ3v) is 5.72. The number of hydrogen-bond donors (Lipinski definition) is 0. The maximum atomic E-state index is 13.0. The summed E-state index contributed by atoms with van der Waals surface area (Å²) in [4.78, 5) is 15.0. The number of thioether (sulfide) groups is 1. The normalized spacial score (nSPS) is 25.8. The number of amides is 1. The Labute approximate surface area is 166 Å². The molecule has 0 N–H and O–H groups in total. The fraction of sp³-hybridized carbons (Fsp3) is 0.263. The van der Waals surface area contributed by atoms with E-state index in [9.17, 15) is 4.79 Å². The average molecular weight is 403 g/mol. The van der Waals surface area contributed by atoms with Crippen LogP contribution in [-0.2, 0) is 14.3 Å². The first-order chi connectivity index (χ1) is 13.1. The van der Waals surface area contributed by atoms with E-state index in [1.54, 1.807) is 26.4 Å². The Morgan fingerprint density at radius 1 is 1.26 bits per heavy atom. The van der Waals surface area contributed by atoms with Gasteiger partial charge in [-0.2, -0.15) is 0 Å². The van der Waals surface area contributed by atoms with Gasteiger partial charge in [0.15, 0.2) is 4.32 Å². The maximum Gasteiger partial charge on any atom is 0.270 e. The lowest BCUT2D eigenvalue weighted by Gasteiger charge is -2.22. The topological polar surface area (TPSA) is 57.2 Å². The molecule has 1 aromatic carbocycles. The second kappa shape index (κ2) is 7.47. The van der Waals surface area contributed by atoms with Gasteiger partial charge in [0, 0.05) is 17.3 Å². The summed E-state index contributed by atoms with van der Waals surface area (Å²) in [6, 6.07) is 5.44. The monoisotopic (exact) mass is 403 g/mol. The SMILES string of the molecule is COc1ccc(/C=C2\SC(=S)N(C3=C[C@@H]4OCO[C@@H]4C=C3)C2=O)c(OC)c1. The van der Waals surface area contributed by atoms with Crippen molar-refractivity contribution < 1.29 is 23.7 Å². The number of hydrogen-bond acceptors (Lipinski definition) is 7. The van der Waals surface area contributed by atoms with Crippen LogP contribution in [-0.4, -0.2) is 48.3 Å². The van der Waals surface area contributed by atoms with Gasteiger partial charge in [-0.3, -0.25) is 9.69 Å². The van der Waals surface area contributed by atoms with Gasteiger partial charge < -0.3 is 18.9 Å². The minimum Gasteiger partial charge on any atom is -0.497 e. The number of carbonyl (C=O) groups excluding carboxylic acids is 1. The van der Waals surface area contributed by atoms with E-state index in [1.165, 1.54) is 16.7 Å². The Bertz CT molecular complexity index is 892. The van der Waals surface area contributed by atoms with Crippen LogP contribution in [0, 0.1) is 0 Å². The predicted octanol–water partition coefficient (Wildman–Crippen LogP) is 3.10. The van der Waals surface area contributed by atoms with Crippen molar-refractivity contribution in [3.05, 3.63) is 52.6 Å². The number of nitrogens with zero attached hydrogens (tertiary/aromatic N) is 1. The number of ether oxygens (including phenoxy) is 4. The van der Waals surface area contributed by atoms with Crippen LogP contribution in [0.4, 0.5) is 0 Å². The summed E-state index contributed by atoms with van der Waals surface area (Å²) >= 11 is 6.70. The quantitative estimate of drug-likeness (QED) is 0.566. The molecule has 0 unspecified atom stereocenters. The second-order valence-corrected chi connectivity index (χ2v) is 7.63. The van der Waals surface area contributed by atoms with Crippen LogP contribution in [0.25, 0.3) is 6.08 Å². The Balaban J connectivity index is 1.62. The highest BCUT2D eigenvalue weighted by atomic mass is 32.2. The standard InChI is InChI=1S/C19H17NO5S2/c1-22-13-5-3-11(15(9-13)23-2)7-17-18(21)20(19(26)27-17)12-4-6-14-16(8-12)25-10-24-14/h3-9,14,16H,10H2,1-2H3/b17-7-/t14-,16+/m1/s1. The molecule has 2 saturated heterocycles. The molecule has 2 fully saturated rings. The van der Waals surface area contributed by atoms with Crippen molar-refractivity contribution in [3.8, 4) is 11.5 Å². The Morgan fingerprint density at radius 3 is 2.85 bits per heavy atom. The molecule has 0 radical (unpaired) electrons. The van der Waals surface area contributed by atoms with Crippen LogP contribution >= 0.6 is 24.0 Å². The summed E-state index contributed by atoms with van der Waals surface area (Å²) < 4.78 is 22.0. The maximum absolute atomic E-state index is 13.0. The number of benzene rings is 1. The molecule has 2 heterocycles. The van der Waals surface area contributed by atoms with Crippen LogP contribution in [0.1, 0.15) is 5.56 Å². The Kier molecular flexibility index (Phi) is 5.05. The summed E-state index contributed by atoms with van der Waals surface area (Å²) in [6.07, 6.45) is 7.09. The van der Waals surface area contributed by atoms with Gasteiger partial charge in [0.05, 0.1) is 19.1 Å². The molecule has 0 spiro atoms. The van der Waals surface area contributed by atoms with Gasteiger partial charge in [0.1, 0.15) is 30.5 Å². The fourth-order valence-electron chi connectivity index (χ4n) is 3.03. The summed E-state index contributed by atoms with van der Waals surface area (Å²) in [6.45, 7) is 0.249. The summed E-state index contributed by atoms with van der Waals surface area (Å²) in [7, 11) is 3.17. The van der Waals surface area contributed by atoms with Gasteiger partial charge in [-0.05, 0) is 30.4 Å².